The van der Waals surface area contributed by atoms with Gasteiger partial charge in [-0.2, -0.15) is 5.10 Å². The highest BCUT2D eigenvalue weighted by atomic mass is 16.5. The SMILES string of the molecule is CCOC(=O)c1[nH]c2c(-c3cnn(C)c3CO)cccc2c1CCCOc1cccc2ccccc12. The number of ether oxygens (including phenoxy) is 2. The maximum Gasteiger partial charge on any atom is 0.355 e. The van der Waals surface area contributed by atoms with Gasteiger partial charge in [0, 0.05) is 28.9 Å². The Bertz CT molecular complexity index is 1530. The number of H-pyrrole nitrogens is 1. The minimum Gasteiger partial charge on any atom is -0.493 e. The number of aliphatic hydroxyl groups is 1. The molecule has 0 radical (unpaired) electrons. The number of aromatic nitrogens is 3. The summed E-state index contributed by atoms with van der Waals surface area (Å²) < 4.78 is 13.2. The van der Waals surface area contributed by atoms with E-state index in [4.69, 9.17) is 9.47 Å². The van der Waals surface area contributed by atoms with Crippen molar-refractivity contribution in [1.29, 1.82) is 0 Å². The molecule has 184 valence electrons. The second-order valence-electron chi connectivity index (χ2n) is 8.64. The number of aryl methyl sites for hydroxylation is 2. The predicted octanol–water partition coefficient (Wildman–Crippen LogP) is 5.40. The molecule has 0 bridgehead atoms. The number of rotatable bonds is 9. The van der Waals surface area contributed by atoms with Gasteiger partial charge in [-0.3, -0.25) is 4.68 Å². The van der Waals surface area contributed by atoms with E-state index in [1.165, 1.54) is 0 Å². The van der Waals surface area contributed by atoms with Gasteiger partial charge in [-0.25, -0.2) is 4.79 Å². The number of hydrogen-bond donors (Lipinski definition) is 2. The lowest BCUT2D eigenvalue weighted by atomic mass is 10.00. The van der Waals surface area contributed by atoms with Crippen molar-refractivity contribution < 1.29 is 19.4 Å². The molecule has 0 aliphatic heterocycles. The van der Waals surface area contributed by atoms with Crippen LogP contribution in [-0.4, -0.2) is 39.1 Å². The van der Waals surface area contributed by atoms with Crippen LogP contribution in [0.2, 0.25) is 0 Å². The van der Waals surface area contributed by atoms with Gasteiger partial charge in [0.25, 0.3) is 0 Å². The van der Waals surface area contributed by atoms with E-state index in [2.05, 4.69) is 28.3 Å². The summed E-state index contributed by atoms with van der Waals surface area (Å²) in [6.45, 7) is 2.47. The zero-order chi connectivity index (χ0) is 25.1. The monoisotopic (exact) mass is 483 g/mol. The molecule has 5 aromatic rings. The van der Waals surface area contributed by atoms with Gasteiger partial charge in [-0.15, -0.1) is 0 Å². The molecule has 0 fully saturated rings. The molecule has 5 rings (SSSR count). The number of benzene rings is 3. The molecule has 0 unspecified atom stereocenters. The minimum absolute atomic E-state index is 0.133. The first kappa shape index (κ1) is 23.6. The minimum atomic E-state index is -0.377. The average molecular weight is 484 g/mol. The standard InChI is InChI=1S/C29H29N3O4/c1-3-35-29(34)28-22(14-8-16-36-26-15-6-10-19-9-4-5-11-20(19)26)21-12-7-13-23(27(21)31-28)24-17-30-32(2)25(24)18-33/h4-7,9-13,15,17,31,33H,3,8,14,16,18H2,1-2H3. The van der Waals surface area contributed by atoms with E-state index < -0.39 is 0 Å². The Morgan fingerprint density at radius 3 is 2.64 bits per heavy atom. The Balaban J connectivity index is 1.45. The maximum atomic E-state index is 12.9. The van der Waals surface area contributed by atoms with Gasteiger partial charge in [0.05, 0.1) is 37.2 Å². The topological polar surface area (TPSA) is 89.4 Å². The Hall–Kier alpha value is -4.10. The first-order valence-corrected chi connectivity index (χ1v) is 12.2. The lowest BCUT2D eigenvalue weighted by Crippen LogP contribution is -2.09. The smallest absolute Gasteiger partial charge is 0.355 e. The van der Waals surface area contributed by atoms with Crippen molar-refractivity contribution in [2.24, 2.45) is 7.05 Å². The highest BCUT2D eigenvalue weighted by Crippen LogP contribution is 2.34. The molecule has 0 atom stereocenters. The van der Waals surface area contributed by atoms with Crippen LogP contribution in [-0.2, 0) is 24.8 Å². The first-order valence-electron chi connectivity index (χ1n) is 12.2. The Morgan fingerprint density at radius 2 is 1.81 bits per heavy atom. The summed E-state index contributed by atoms with van der Waals surface area (Å²) in [5.74, 6) is 0.478. The molecule has 0 spiro atoms. The zero-order valence-electron chi connectivity index (χ0n) is 20.5. The third kappa shape index (κ3) is 4.33. The fourth-order valence-corrected chi connectivity index (χ4v) is 4.76. The number of nitrogens with zero attached hydrogens (tertiary/aromatic N) is 2. The molecule has 7 nitrogen and oxygen atoms in total. The highest BCUT2D eigenvalue weighted by Gasteiger charge is 2.22. The Labute approximate surface area is 209 Å². The first-order chi connectivity index (χ1) is 17.6. The number of fused-ring (bicyclic) bond motifs is 2. The second-order valence-corrected chi connectivity index (χ2v) is 8.64. The summed E-state index contributed by atoms with van der Waals surface area (Å²) in [5.41, 5.74) is 4.61. The molecule has 3 aromatic carbocycles. The van der Waals surface area contributed by atoms with Crippen LogP contribution in [0, 0.1) is 0 Å². The lowest BCUT2D eigenvalue weighted by Gasteiger charge is -2.10. The molecule has 36 heavy (non-hydrogen) atoms. The molecule has 7 heteroatoms. The zero-order valence-corrected chi connectivity index (χ0v) is 20.5. The summed E-state index contributed by atoms with van der Waals surface area (Å²) in [4.78, 5) is 16.2. The fourth-order valence-electron chi connectivity index (χ4n) is 4.76. The number of esters is 1. The summed E-state index contributed by atoms with van der Waals surface area (Å²) in [6.07, 6.45) is 3.10. The van der Waals surface area contributed by atoms with Crippen LogP contribution in [0.1, 0.15) is 35.1 Å². The van der Waals surface area contributed by atoms with Gasteiger partial charge in [0.2, 0.25) is 0 Å². The van der Waals surface area contributed by atoms with E-state index in [1.807, 2.05) is 42.5 Å². The van der Waals surface area contributed by atoms with Gasteiger partial charge < -0.3 is 19.6 Å². The number of carbonyl (C=O) groups excluding carboxylic acids is 1. The van der Waals surface area contributed by atoms with E-state index in [9.17, 15) is 9.90 Å². The average Bonchev–Trinajstić information content (AvgIpc) is 3.46. The molecule has 2 aromatic heterocycles. The van der Waals surface area contributed by atoms with Gasteiger partial charge in [0.15, 0.2) is 0 Å². The summed E-state index contributed by atoms with van der Waals surface area (Å²) in [6, 6.07) is 20.1. The van der Waals surface area contributed by atoms with Crippen molar-refractivity contribution in [3.63, 3.8) is 0 Å². The maximum absolute atomic E-state index is 12.9. The second kappa shape index (κ2) is 10.3. The van der Waals surface area contributed by atoms with Crippen LogP contribution in [0.15, 0.2) is 66.9 Å². The molecule has 0 saturated carbocycles. The largest absolute Gasteiger partial charge is 0.493 e. The quantitative estimate of drug-likeness (QED) is 0.216. The summed E-state index contributed by atoms with van der Waals surface area (Å²) >= 11 is 0. The van der Waals surface area contributed by atoms with Crippen LogP contribution >= 0.6 is 0 Å². The van der Waals surface area contributed by atoms with Crippen LogP contribution in [0.5, 0.6) is 5.75 Å². The van der Waals surface area contributed by atoms with Gasteiger partial charge in [-0.1, -0.05) is 54.6 Å². The van der Waals surface area contributed by atoms with E-state index in [0.29, 0.717) is 31.0 Å². The third-order valence-corrected chi connectivity index (χ3v) is 6.50. The number of hydrogen-bond acceptors (Lipinski definition) is 5. The van der Waals surface area contributed by atoms with E-state index in [1.54, 1.807) is 24.9 Å². The normalized spacial score (nSPS) is 11.3. The van der Waals surface area contributed by atoms with Gasteiger partial charge in [-0.05, 0) is 36.8 Å². The number of aliphatic hydroxyl groups excluding tert-OH is 1. The highest BCUT2D eigenvalue weighted by molar-refractivity contribution is 6.03. The molecular weight excluding hydrogens is 454 g/mol. The van der Waals surface area contributed by atoms with Crippen molar-refractivity contribution in [3.8, 4) is 16.9 Å². The van der Waals surface area contributed by atoms with Crippen molar-refractivity contribution in [3.05, 3.63) is 83.8 Å². The number of aromatic amines is 1. The summed E-state index contributed by atoms with van der Waals surface area (Å²) in [7, 11) is 1.80. The summed E-state index contributed by atoms with van der Waals surface area (Å²) in [5, 5.41) is 17.4. The fraction of sp³-hybridized carbons (Fsp3) is 0.241. The number of carbonyl (C=O) groups is 1. The molecule has 0 saturated heterocycles. The van der Waals surface area contributed by atoms with E-state index in [0.717, 1.165) is 50.5 Å². The van der Waals surface area contributed by atoms with Crippen LogP contribution < -0.4 is 4.74 Å². The lowest BCUT2D eigenvalue weighted by molar-refractivity contribution is 0.0519. The predicted molar refractivity (Wildman–Crippen MR) is 140 cm³/mol. The van der Waals surface area contributed by atoms with Crippen LogP contribution in [0.4, 0.5) is 0 Å². The van der Waals surface area contributed by atoms with Crippen molar-refractivity contribution >= 4 is 27.6 Å². The molecule has 0 amide bonds. The van der Waals surface area contributed by atoms with Crippen molar-refractivity contribution in [1.82, 2.24) is 14.8 Å². The van der Waals surface area contributed by atoms with Crippen molar-refractivity contribution in [2.45, 2.75) is 26.4 Å². The van der Waals surface area contributed by atoms with Crippen molar-refractivity contribution in [2.75, 3.05) is 13.2 Å². The van der Waals surface area contributed by atoms with Gasteiger partial charge >= 0.3 is 5.97 Å². The molecule has 0 aliphatic rings. The van der Waals surface area contributed by atoms with Crippen LogP contribution in [0.3, 0.4) is 0 Å². The Morgan fingerprint density at radius 1 is 1.03 bits per heavy atom. The van der Waals surface area contributed by atoms with E-state index in [-0.39, 0.29) is 12.6 Å². The third-order valence-electron chi connectivity index (χ3n) is 6.50. The number of nitrogens with one attached hydrogen (secondary N) is 1. The molecular formula is C29H29N3O4. The number of para-hydroxylation sites is 1. The van der Waals surface area contributed by atoms with Crippen LogP contribution in [0.25, 0.3) is 32.8 Å². The Kier molecular flexibility index (Phi) is 6.73. The molecule has 2 N–H and O–H groups in total. The van der Waals surface area contributed by atoms with E-state index >= 15 is 0 Å². The molecule has 2 heterocycles. The van der Waals surface area contributed by atoms with Gasteiger partial charge in [0.1, 0.15) is 11.4 Å². The molecule has 0 aliphatic carbocycles.